The fraction of sp³-hybridized carbons (Fsp3) is 0.842. The highest BCUT2D eigenvalue weighted by Crippen LogP contribution is 2.16. The van der Waals surface area contributed by atoms with Crippen molar-refractivity contribution in [3.05, 3.63) is 11.6 Å². The van der Waals surface area contributed by atoms with Gasteiger partial charge in [-0.15, -0.1) is 0 Å². The molecule has 3 nitrogen and oxygen atoms in total. The number of carbonyl (C=O) groups is 1. The van der Waals surface area contributed by atoms with Crippen molar-refractivity contribution in [1.82, 2.24) is 0 Å². The monoisotopic (exact) mass is 310 g/mol. The Kier molecular flexibility index (Phi) is 12.1. The molecule has 0 aromatic heterocycles. The zero-order valence-corrected chi connectivity index (χ0v) is 14.4. The minimum Gasteiger partial charge on any atom is -0.463 e. The largest absolute Gasteiger partial charge is 0.463 e. The average Bonchev–Trinajstić information content (AvgIpc) is 2.52. The molecule has 1 rings (SSSR count). The predicted octanol–water partition coefficient (Wildman–Crippen LogP) is 5.19. The van der Waals surface area contributed by atoms with Crippen molar-refractivity contribution in [1.29, 1.82) is 0 Å². The van der Waals surface area contributed by atoms with Gasteiger partial charge in [0.05, 0.1) is 6.61 Å². The molecule has 0 saturated heterocycles. The van der Waals surface area contributed by atoms with E-state index in [1.165, 1.54) is 44.9 Å². The lowest BCUT2D eigenvalue weighted by Crippen LogP contribution is -2.08. The van der Waals surface area contributed by atoms with E-state index in [2.05, 4.69) is 6.08 Å². The van der Waals surface area contributed by atoms with Gasteiger partial charge in [-0.2, -0.15) is 0 Å². The maximum atomic E-state index is 12.0. The minimum atomic E-state index is -0.108. The number of hydrogen-bond donors (Lipinski definition) is 0. The second-order valence-electron chi connectivity index (χ2n) is 6.14. The van der Waals surface area contributed by atoms with Crippen molar-refractivity contribution in [3.63, 3.8) is 0 Å². The van der Waals surface area contributed by atoms with E-state index in [0.29, 0.717) is 6.61 Å². The van der Waals surface area contributed by atoms with Crippen LogP contribution in [0.3, 0.4) is 0 Å². The maximum absolute atomic E-state index is 12.0. The lowest BCUT2D eigenvalue weighted by atomic mass is 10.0. The average molecular weight is 310 g/mol. The summed E-state index contributed by atoms with van der Waals surface area (Å²) >= 11 is 0. The Balaban J connectivity index is 2.41. The Hall–Kier alpha value is -0.830. The Morgan fingerprint density at radius 3 is 2.23 bits per heavy atom. The molecule has 1 aliphatic heterocycles. The number of esters is 1. The highest BCUT2D eigenvalue weighted by molar-refractivity contribution is 5.88. The first-order valence-corrected chi connectivity index (χ1v) is 9.28. The van der Waals surface area contributed by atoms with Crippen LogP contribution < -0.4 is 0 Å². The Labute approximate surface area is 136 Å². The molecule has 0 aliphatic carbocycles. The van der Waals surface area contributed by atoms with E-state index in [0.717, 1.165) is 50.9 Å². The summed E-state index contributed by atoms with van der Waals surface area (Å²) in [6, 6.07) is 0. The molecule has 0 bridgehead atoms. The van der Waals surface area contributed by atoms with Gasteiger partial charge in [-0.05, 0) is 45.4 Å². The molecule has 1 heterocycles. The first kappa shape index (κ1) is 19.2. The zero-order valence-electron chi connectivity index (χ0n) is 14.4. The summed E-state index contributed by atoms with van der Waals surface area (Å²) in [4.78, 5) is 12.0. The number of ether oxygens (including phenoxy) is 2. The molecule has 0 atom stereocenters. The van der Waals surface area contributed by atoms with Crippen LogP contribution in [0.25, 0.3) is 0 Å². The van der Waals surface area contributed by atoms with Gasteiger partial charge in [-0.3, -0.25) is 0 Å². The molecule has 22 heavy (non-hydrogen) atoms. The molecule has 0 saturated carbocycles. The van der Waals surface area contributed by atoms with E-state index in [9.17, 15) is 4.79 Å². The molecular weight excluding hydrogens is 276 g/mol. The maximum Gasteiger partial charge on any atom is 0.333 e. The molecule has 3 heteroatoms. The van der Waals surface area contributed by atoms with Gasteiger partial charge in [0.2, 0.25) is 0 Å². The van der Waals surface area contributed by atoms with Crippen LogP contribution in [0.1, 0.15) is 84.0 Å². The van der Waals surface area contributed by atoms with E-state index in [1.54, 1.807) is 0 Å². The quantitative estimate of drug-likeness (QED) is 0.659. The lowest BCUT2D eigenvalue weighted by Gasteiger charge is -2.07. The molecule has 0 aromatic carbocycles. The third kappa shape index (κ3) is 9.99. The second kappa shape index (κ2) is 13.8. The molecule has 0 unspecified atom stereocenters. The van der Waals surface area contributed by atoms with Crippen LogP contribution in [0.15, 0.2) is 11.6 Å². The van der Waals surface area contributed by atoms with Crippen molar-refractivity contribution < 1.29 is 14.3 Å². The Morgan fingerprint density at radius 1 is 0.955 bits per heavy atom. The van der Waals surface area contributed by atoms with Crippen molar-refractivity contribution >= 4 is 5.97 Å². The van der Waals surface area contributed by atoms with Gasteiger partial charge in [-0.1, -0.05) is 44.6 Å². The lowest BCUT2D eigenvalue weighted by molar-refractivity contribution is -0.138. The smallest absolute Gasteiger partial charge is 0.333 e. The van der Waals surface area contributed by atoms with Gasteiger partial charge >= 0.3 is 5.97 Å². The molecule has 0 fully saturated rings. The van der Waals surface area contributed by atoms with Crippen LogP contribution in [-0.4, -0.2) is 25.8 Å². The van der Waals surface area contributed by atoms with Crippen molar-refractivity contribution in [2.45, 2.75) is 84.0 Å². The highest BCUT2D eigenvalue weighted by Gasteiger charge is 2.09. The summed E-state index contributed by atoms with van der Waals surface area (Å²) in [5.41, 5.74) is 0.891. The topological polar surface area (TPSA) is 35.5 Å². The molecule has 0 amide bonds. The fourth-order valence-electron chi connectivity index (χ4n) is 2.82. The fourth-order valence-corrected chi connectivity index (χ4v) is 2.82. The molecular formula is C19H34O3. The number of allylic oxidation sites excluding steroid dienone is 1. The predicted molar refractivity (Wildman–Crippen MR) is 90.9 cm³/mol. The third-order valence-corrected chi connectivity index (χ3v) is 4.16. The number of carbonyl (C=O) groups excluding carboxylic acids is 1. The zero-order chi connectivity index (χ0) is 15.9. The van der Waals surface area contributed by atoms with Crippen molar-refractivity contribution in [2.24, 2.45) is 0 Å². The molecule has 0 N–H and O–H groups in total. The van der Waals surface area contributed by atoms with E-state index < -0.39 is 0 Å². The SMILES string of the molecule is CCOC(=O)/C1=C\CCCCCOCCCCCCCCC1. The van der Waals surface area contributed by atoms with Crippen LogP contribution in [-0.2, 0) is 14.3 Å². The summed E-state index contributed by atoms with van der Waals surface area (Å²) in [5.74, 6) is -0.108. The number of rotatable bonds is 2. The van der Waals surface area contributed by atoms with Gasteiger partial charge < -0.3 is 9.47 Å². The van der Waals surface area contributed by atoms with Crippen molar-refractivity contribution in [3.8, 4) is 0 Å². The van der Waals surface area contributed by atoms with Gasteiger partial charge in [0, 0.05) is 18.8 Å². The number of hydrogen-bond acceptors (Lipinski definition) is 3. The summed E-state index contributed by atoms with van der Waals surface area (Å²) in [7, 11) is 0. The van der Waals surface area contributed by atoms with E-state index in [-0.39, 0.29) is 5.97 Å². The summed E-state index contributed by atoms with van der Waals surface area (Å²) in [6.07, 6.45) is 16.1. The molecule has 128 valence electrons. The summed E-state index contributed by atoms with van der Waals surface area (Å²) in [6.45, 7) is 4.14. The second-order valence-corrected chi connectivity index (χ2v) is 6.14. The standard InChI is InChI=1S/C19H34O3/c1-2-22-19(20)18-14-10-6-4-3-5-8-12-16-21-17-13-9-7-11-15-18/h15H,2-14,16-17H2,1H3/b18-15-. The van der Waals surface area contributed by atoms with Crippen LogP contribution >= 0.6 is 0 Å². The molecule has 0 radical (unpaired) electrons. The van der Waals surface area contributed by atoms with E-state index >= 15 is 0 Å². The Bertz CT molecular complexity index is 310. The molecule has 0 aromatic rings. The highest BCUT2D eigenvalue weighted by atomic mass is 16.5. The van der Waals surface area contributed by atoms with E-state index in [4.69, 9.17) is 9.47 Å². The minimum absolute atomic E-state index is 0.108. The van der Waals surface area contributed by atoms with Gasteiger partial charge in [0.1, 0.15) is 0 Å². The van der Waals surface area contributed by atoms with E-state index in [1.807, 2.05) is 6.92 Å². The molecule has 0 spiro atoms. The summed E-state index contributed by atoms with van der Waals surface area (Å²) < 4.78 is 10.8. The van der Waals surface area contributed by atoms with Crippen LogP contribution in [0.2, 0.25) is 0 Å². The first-order valence-electron chi connectivity index (χ1n) is 9.28. The van der Waals surface area contributed by atoms with Gasteiger partial charge in [-0.25, -0.2) is 4.79 Å². The van der Waals surface area contributed by atoms with Crippen LogP contribution in [0.5, 0.6) is 0 Å². The van der Waals surface area contributed by atoms with Crippen LogP contribution in [0.4, 0.5) is 0 Å². The normalized spacial score (nSPS) is 23.0. The van der Waals surface area contributed by atoms with Gasteiger partial charge in [0.25, 0.3) is 0 Å². The third-order valence-electron chi connectivity index (χ3n) is 4.16. The Morgan fingerprint density at radius 2 is 1.55 bits per heavy atom. The van der Waals surface area contributed by atoms with Gasteiger partial charge in [0.15, 0.2) is 0 Å². The van der Waals surface area contributed by atoms with Crippen LogP contribution in [0, 0.1) is 0 Å². The summed E-state index contributed by atoms with van der Waals surface area (Å²) in [5, 5.41) is 0. The molecule has 1 aliphatic rings. The van der Waals surface area contributed by atoms with Crippen molar-refractivity contribution in [2.75, 3.05) is 19.8 Å². The first-order chi connectivity index (χ1) is 10.8.